The van der Waals surface area contributed by atoms with Crippen LogP contribution >= 0.6 is 11.6 Å². The number of morpholine rings is 1. The van der Waals surface area contributed by atoms with Gasteiger partial charge in [-0.25, -0.2) is 0 Å². The number of nitrogens with zero attached hydrogens (tertiary/aromatic N) is 1. The Kier molecular flexibility index (Phi) is 4.45. The maximum atomic E-state index is 11.4. The third-order valence-electron chi connectivity index (χ3n) is 4.21. The number of hydrogen-bond donors (Lipinski definition) is 2. The standard InChI is InChI=1S/C15H20ClN3O2/c16-11-3-1-10(2-4-11)14-8-19-7-12(18-15(20)6-17)5-13(19)9-21-14/h1-4,12-14H,5-9,17H2,(H,18,20)/t12-,13+,14-/m1/s1. The highest BCUT2D eigenvalue weighted by Crippen LogP contribution is 2.30. The third-order valence-corrected chi connectivity index (χ3v) is 4.46. The number of nitrogens with two attached hydrogens (primary N) is 1. The zero-order valence-electron chi connectivity index (χ0n) is 11.8. The molecule has 3 atom stereocenters. The molecule has 2 fully saturated rings. The minimum Gasteiger partial charge on any atom is -0.371 e. The van der Waals surface area contributed by atoms with Crippen molar-refractivity contribution in [3.63, 3.8) is 0 Å². The summed E-state index contributed by atoms with van der Waals surface area (Å²) in [7, 11) is 0. The summed E-state index contributed by atoms with van der Waals surface area (Å²) in [5.41, 5.74) is 6.49. The predicted octanol–water partition coefficient (Wildman–Crippen LogP) is 0.929. The monoisotopic (exact) mass is 309 g/mol. The molecule has 2 aliphatic heterocycles. The second-order valence-electron chi connectivity index (χ2n) is 5.69. The first-order valence-corrected chi connectivity index (χ1v) is 7.64. The summed E-state index contributed by atoms with van der Waals surface area (Å²) < 4.78 is 5.98. The van der Waals surface area contributed by atoms with Crippen molar-refractivity contribution < 1.29 is 9.53 Å². The molecule has 0 aromatic heterocycles. The quantitative estimate of drug-likeness (QED) is 0.871. The molecule has 0 saturated carbocycles. The SMILES string of the molecule is NCC(=O)N[C@@H]1C[C@H]2CO[C@@H](c3ccc(Cl)cc3)CN2C1. The Balaban J connectivity index is 1.61. The number of rotatable bonds is 3. The molecular formula is C15H20ClN3O2. The molecule has 6 heteroatoms. The van der Waals surface area contributed by atoms with Gasteiger partial charge in [0.15, 0.2) is 0 Å². The first kappa shape index (κ1) is 14.8. The van der Waals surface area contributed by atoms with Gasteiger partial charge in [0, 0.05) is 30.2 Å². The van der Waals surface area contributed by atoms with Gasteiger partial charge in [-0.05, 0) is 24.1 Å². The summed E-state index contributed by atoms with van der Waals surface area (Å²) >= 11 is 5.92. The molecule has 1 aromatic rings. The van der Waals surface area contributed by atoms with E-state index in [1.807, 2.05) is 24.3 Å². The van der Waals surface area contributed by atoms with E-state index in [1.165, 1.54) is 0 Å². The average molecular weight is 310 g/mol. The number of fused-ring (bicyclic) bond motifs is 1. The van der Waals surface area contributed by atoms with Crippen molar-refractivity contribution in [3.05, 3.63) is 34.9 Å². The Morgan fingerprint density at radius 3 is 2.86 bits per heavy atom. The number of nitrogens with one attached hydrogen (secondary N) is 1. The van der Waals surface area contributed by atoms with Crippen molar-refractivity contribution in [2.75, 3.05) is 26.2 Å². The van der Waals surface area contributed by atoms with Crippen LogP contribution in [0.25, 0.3) is 0 Å². The van der Waals surface area contributed by atoms with Crippen LogP contribution in [0.4, 0.5) is 0 Å². The Morgan fingerprint density at radius 2 is 2.14 bits per heavy atom. The van der Waals surface area contributed by atoms with Crippen molar-refractivity contribution in [3.8, 4) is 0 Å². The van der Waals surface area contributed by atoms with Crippen LogP contribution in [0, 0.1) is 0 Å². The van der Waals surface area contributed by atoms with Crippen LogP contribution in [-0.2, 0) is 9.53 Å². The molecule has 3 rings (SSSR count). The van der Waals surface area contributed by atoms with Gasteiger partial charge in [-0.15, -0.1) is 0 Å². The van der Waals surface area contributed by atoms with E-state index in [2.05, 4.69) is 10.2 Å². The van der Waals surface area contributed by atoms with Gasteiger partial charge in [0.1, 0.15) is 0 Å². The third kappa shape index (κ3) is 3.37. The normalized spacial score (nSPS) is 29.1. The molecule has 0 aliphatic carbocycles. The Hall–Kier alpha value is -1.14. The summed E-state index contributed by atoms with van der Waals surface area (Å²) in [4.78, 5) is 13.8. The zero-order valence-corrected chi connectivity index (χ0v) is 12.6. The van der Waals surface area contributed by atoms with E-state index >= 15 is 0 Å². The first-order valence-electron chi connectivity index (χ1n) is 7.26. The summed E-state index contributed by atoms with van der Waals surface area (Å²) in [5.74, 6) is -0.0879. The minimum absolute atomic E-state index is 0.0467. The fraction of sp³-hybridized carbons (Fsp3) is 0.533. The summed E-state index contributed by atoms with van der Waals surface area (Å²) in [6.07, 6.45) is 1.00. The van der Waals surface area contributed by atoms with Crippen molar-refractivity contribution in [1.82, 2.24) is 10.2 Å². The lowest BCUT2D eigenvalue weighted by atomic mass is 10.1. The number of carbonyl (C=O) groups excluding carboxylic acids is 1. The lowest BCUT2D eigenvalue weighted by molar-refractivity contribution is -0.120. The maximum absolute atomic E-state index is 11.4. The molecule has 0 spiro atoms. The van der Waals surface area contributed by atoms with E-state index in [9.17, 15) is 4.79 Å². The minimum atomic E-state index is -0.0879. The van der Waals surface area contributed by atoms with Crippen LogP contribution in [0.15, 0.2) is 24.3 Å². The topological polar surface area (TPSA) is 67.6 Å². The van der Waals surface area contributed by atoms with E-state index in [0.29, 0.717) is 12.6 Å². The largest absolute Gasteiger partial charge is 0.371 e. The molecule has 2 saturated heterocycles. The molecule has 5 nitrogen and oxygen atoms in total. The van der Waals surface area contributed by atoms with Crippen molar-refractivity contribution in [2.24, 2.45) is 5.73 Å². The van der Waals surface area contributed by atoms with Gasteiger partial charge in [-0.3, -0.25) is 9.69 Å². The number of amides is 1. The van der Waals surface area contributed by atoms with Crippen LogP contribution in [0.5, 0.6) is 0 Å². The highest BCUT2D eigenvalue weighted by atomic mass is 35.5. The average Bonchev–Trinajstić information content (AvgIpc) is 2.89. The molecule has 0 unspecified atom stereocenters. The lowest BCUT2D eigenvalue weighted by Crippen LogP contribution is -2.43. The maximum Gasteiger partial charge on any atom is 0.233 e. The molecule has 114 valence electrons. The van der Waals surface area contributed by atoms with Crippen LogP contribution in [0.2, 0.25) is 5.02 Å². The molecule has 3 N–H and O–H groups in total. The van der Waals surface area contributed by atoms with E-state index in [-0.39, 0.29) is 24.6 Å². The molecule has 2 aliphatic rings. The zero-order chi connectivity index (χ0) is 14.8. The van der Waals surface area contributed by atoms with Gasteiger partial charge in [-0.2, -0.15) is 0 Å². The predicted molar refractivity (Wildman–Crippen MR) is 81.1 cm³/mol. The van der Waals surface area contributed by atoms with Gasteiger partial charge in [0.05, 0.1) is 19.3 Å². The lowest BCUT2D eigenvalue weighted by Gasteiger charge is -2.35. The Labute approximate surface area is 129 Å². The molecule has 0 bridgehead atoms. The molecule has 2 heterocycles. The molecule has 1 aromatic carbocycles. The number of carbonyl (C=O) groups is 1. The fourth-order valence-corrected chi connectivity index (χ4v) is 3.27. The van der Waals surface area contributed by atoms with Gasteiger partial charge in [0.25, 0.3) is 0 Å². The van der Waals surface area contributed by atoms with Gasteiger partial charge in [-0.1, -0.05) is 23.7 Å². The summed E-state index contributed by atoms with van der Waals surface area (Å²) in [6, 6.07) is 8.37. The van der Waals surface area contributed by atoms with Crippen molar-refractivity contribution >= 4 is 17.5 Å². The highest BCUT2D eigenvalue weighted by molar-refractivity contribution is 6.30. The van der Waals surface area contributed by atoms with Crippen molar-refractivity contribution in [1.29, 1.82) is 0 Å². The van der Waals surface area contributed by atoms with Crippen molar-refractivity contribution in [2.45, 2.75) is 24.6 Å². The van der Waals surface area contributed by atoms with Gasteiger partial charge in [0.2, 0.25) is 5.91 Å². The number of hydrogen-bond acceptors (Lipinski definition) is 4. The molecule has 21 heavy (non-hydrogen) atoms. The second-order valence-corrected chi connectivity index (χ2v) is 6.12. The Morgan fingerprint density at radius 1 is 1.38 bits per heavy atom. The van der Waals surface area contributed by atoms with Crippen LogP contribution < -0.4 is 11.1 Å². The number of halogens is 1. The first-order chi connectivity index (χ1) is 10.2. The number of benzene rings is 1. The van der Waals surface area contributed by atoms with Gasteiger partial charge < -0.3 is 15.8 Å². The molecular weight excluding hydrogens is 290 g/mol. The van der Waals surface area contributed by atoms with E-state index in [0.717, 1.165) is 30.1 Å². The second kappa shape index (κ2) is 6.32. The fourth-order valence-electron chi connectivity index (χ4n) is 3.14. The van der Waals surface area contributed by atoms with E-state index in [4.69, 9.17) is 22.1 Å². The van der Waals surface area contributed by atoms with Gasteiger partial charge >= 0.3 is 0 Å². The summed E-state index contributed by atoms with van der Waals surface area (Å²) in [6.45, 7) is 2.46. The Bertz CT molecular complexity index is 508. The molecule has 0 radical (unpaired) electrons. The van der Waals surface area contributed by atoms with E-state index < -0.39 is 0 Å². The smallest absolute Gasteiger partial charge is 0.233 e. The highest BCUT2D eigenvalue weighted by Gasteiger charge is 2.38. The van der Waals surface area contributed by atoms with Crippen LogP contribution in [-0.4, -0.2) is 49.1 Å². The summed E-state index contributed by atoms with van der Waals surface area (Å²) in [5, 5.41) is 3.70. The van der Waals surface area contributed by atoms with E-state index in [1.54, 1.807) is 0 Å². The van der Waals surface area contributed by atoms with Crippen LogP contribution in [0.3, 0.4) is 0 Å². The number of ether oxygens (including phenoxy) is 1. The molecule has 1 amide bonds. The van der Waals surface area contributed by atoms with Crippen LogP contribution in [0.1, 0.15) is 18.1 Å².